The molecule has 7 nitrogen and oxygen atoms in total. The number of halogens is 1. The number of hydrogen-bond acceptors (Lipinski definition) is 5. The number of amides is 1. The molecule has 47 heavy (non-hydrogen) atoms. The number of aromatic nitrogens is 1. The molecule has 0 radical (unpaired) electrons. The zero-order valence-corrected chi connectivity index (χ0v) is 30.1. The first-order valence-corrected chi connectivity index (χ1v) is 17.2. The van der Waals surface area contributed by atoms with Crippen LogP contribution in [0.2, 0.25) is 5.02 Å². The number of anilines is 1. The van der Waals surface area contributed by atoms with Crippen LogP contribution in [0.15, 0.2) is 71.6 Å². The molecule has 0 fully saturated rings. The van der Waals surface area contributed by atoms with E-state index in [9.17, 15) is 14.7 Å². The van der Waals surface area contributed by atoms with Crippen LogP contribution in [0, 0.1) is 5.41 Å². The maximum atomic E-state index is 13.4. The minimum atomic E-state index is -0.985. The van der Waals surface area contributed by atoms with E-state index < -0.39 is 17.0 Å². The summed E-state index contributed by atoms with van der Waals surface area (Å²) in [6, 6.07) is 21.5. The predicted octanol–water partition coefficient (Wildman–Crippen LogP) is 9.63. The second-order valence-electron chi connectivity index (χ2n) is 14.9. The highest BCUT2D eigenvalue weighted by molar-refractivity contribution is 8.00. The Balaban J connectivity index is 1.54. The van der Waals surface area contributed by atoms with E-state index in [1.165, 1.54) is 0 Å². The molecule has 9 heteroatoms. The standard InChI is InChI=1S/C38H45ClN2O5S/c1-36(2,3)46-35(44)41-27(19-25-11-9-10-12-30(25)41)23-45-28-17-18-31-29(20-28)33(47-37(4,5)6)32(21-38(7,8)34(42)43)40(31)22-24-13-15-26(39)16-14-24/h9-18,20,27H,19,21-23H2,1-8H3,(H,42,43)/t27-/m1/s1. The van der Waals surface area contributed by atoms with Crippen molar-refractivity contribution in [2.75, 3.05) is 11.5 Å². The van der Waals surface area contributed by atoms with Gasteiger partial charge < -0.3 is 19.1 Å². The van der Waals surface area contributed by atoms with Crippen LogP contribution in [-0.4, -0.2) is 44.7 Å². The van der Waals surface area contributed by atoms with E-state index in [2.05, 4.69) is 37.5 Å². The Kier molecular flexibility index (Phi) is 9.69. The molecule has 0 bridgehead atoms. The molecule has 1 aliphatic rings. The van der Waals surface area contributed by atoms with Crippen molar-refractivity contribution in [1.29, 1.82) is 0 Å². The van der Waals surface area contributed by atoms with Crippen LogP contribution in [0.5, 0.6) is 5.75 Å². The fourth-order valence-corrected chi connectivity index (χ4v) is 7.15. The minimum Gasteiger partial charge on any atom is -0.491 e. The van der Waals surface area contributed by atoms with Crippen LogP contribution in [-0.2, 0) is 28.9 Å². The third-order valence-corrected chi connectivity index (χ3v) is 9.57. The van der Waals surface area contributed by atoms with E-state index in [0.29, 0.717) is 30.2 Å². The number of para-hydroxylation sites is 1. The summed E-state index contributed by atoms with van der Waals surface area (Å²) in [5.41, 5.74) is 3.35. The number of benzene rings is 3. The second kappa shape index (κ2) is 13.1. The summed E-state index contributed by atoms with van der Waals surface area (Å²) in [6.45, 7) is 16.5. The fraction of sp³-hybridized carbons (Fsp3) is 0.421. The van der Waals surface area contributed by atoms with E-state index in [1.54, 1.807) is 30.5 Å². The van der Waals surface area contributed by atoms with E-state index in [4.69, 9.17) is 21.1 Å². The fourth-order valence-electron chi connectivity index (χ4n) is 5.83. The highest BCUT2D eigenvalue weighted by Crippen LogP contribution is 2.44. The lowest BCUT2D eigenvalue weighted by Crippen LogP contribution is -2.44. The molecule has 0 saturated carbocycles. The highest BCUT2D eigenvalue weighted by atomic mass is 35.5. The van der Waals surface area contributed by atoms with Gasteiger partial charge in [0.2, 0.25) is 0 Å². The van der Waals surface area contributed by atoms with Crippen LogP contribution in [0.4, 0.5) is 10.5 Å². The van der Waals surface area contributed by atoms with Gasteiger partial charge in [-0.15, -0.1) is 11.8 Å². The largest absolute Gasteiger partial charge is 0.491 e. The summed E-state index contributed by atoms with van der Waals surface area (Å²) in [4.78, 5) is 28.5. The summed E-state index contributed by atoms with van der Waals surface area (Å²) in [7, 11) is 0. The van der Waals surface area contributed by atoms with Crippen molar-refractivity contribution in [2.24, 2.45) is 5.41 Å². The summed E-state index contributed by atoms with van der Waals surface area (Å²) >= 11 is 7.93. The lowest BCUT2D eigenvalue weighted by atomic mass is 9.88. The third-order valence-electron chi connectivity index (χ3n) is 8.05. The number of thioether (sulfide) groups is 1. The van der Waals surface area contributed by atoms with E-state index in [-0.39, 0.29) is 23.5 Å². The molecule has 3 aromatic carbocycles. The average molecular weight is 677 g/mol. The molecule has 250 valence electrons. The normalized spacial score (nSPS) is 15.2. The quantitative estimate of drug-likeness (QED) is 0.178. The summed E-state index contributed by atoms with van der Waals surface area (Å²) in [5, 5.41) is 11.8. The number of carbonyl (C=O) groups excluding carboxylic acids is 1. The van der Waals surface area contributed by atoms with Gasteiger partial charge in [-0.25, -0.2) is 4.79 Å². The van der Waals surface area contributed by atoms with Crippen LogP contribution < -0.4 is 9.64 Å². The number of hydrogen-bond donors (Lipinski definition) is 1. The van der Waals surface area contributed by atoms with Crippen molar-refractivity contribution >= 4 is 52.0 Å². The summed E-state index contributed by atoms with van der Waals surface area (Å²) in [5.74, 6) is -0.162. The molecular formula is C38H45ClN2O5S. The maximum absolute atomic E-state index is 13.4. The van der Waals surface area contributed by atoms with Crippen LogP contribution in [0.1, 0.15) is 72.2 Å². The Labute approximate surface area is 287 Å². The minimum absolute atomic E-state index is 0.137. The molecule has 1 amide bonds. The molecule has 0 spiro atoms. The average Bonchev–Trinajstić information content (AvgIpc) is 3.46. The molecule has 1 N–H and O–H groups in total. The van der Waals surface area contributed by atoms with Crippen molar-refractivity contribution < 1.29 is 24.2 Å². The maximum Gasteiger partial charge on any atom is 0.415 e. The van der Waals surface area contributed by atoms with Gasteiger partial charge in [-0.05, 0) is 88.6 Å². The Morgan fingerprint density at radius 3 is 2.28 bits per heavy atom. The van der Waals surface area contributed by atoms with Crippen LogP contribution >= 0.6 is 23.4 Å². The first-order valence-electron chi connectivity index (χ1n) is 16.0. The topological polar surface area (TPSA) is 81.0 Å². The number of carboxylic acid groups (broad SMARTS) is 1. The predicted molar refractivity (Wildman–Crippen MR) is 191 cm³/mol. The van der Waals surface area contributed by atoms with Crippen LogP contribution in [0.3, 0.4) is 0 Å². The van der Waals surface area contributed by atoms with Gasteiger partial charge >= 0.3 is 12.1 Å². The molecule has 1 aromatic heterocycles. The number of ether oxygens (including phenoxy) is 2. The summed E-state index contributed by atoms with van der Waals surface area (Å²) in [6.07, 6.45) is 0.624. The SMILES string of the molecule is CC(C)(C)OC(=O)N1c2ccccc2C[C@@H]1COc1ccc2c(c1)c(SC(C)(C)C)c(CC(C)(C)C(=O)O)n2Cc1ccc(Cl)cc1. The van der Waals surface area contributed by atoms with E-state index in [1.807, 2.05) is 75.4 Å². The van der Waals surface area contributed by atoms with Crippen molar-refractivity contribution in [2.45, 2.75) is 96.1 Å². The van der Waals surface area contributed by atoms with Gasteiger partial charge in [0.05, 0.1) is 17.1 Å². The molecule has 0 unspecified atom stereocenters. The van der Waals surface area contributed by atoms with Crippen LogP contribution in [0.25, 0.3) is 10.9 Å². The van der Waals surface area contributed by atoms with Gasteiger partial charge in [0, 0.05) is 44.2 Å². The highest BCUT2D eigenvalue weighted by Gasteiger charge is 2.37. The van der Waals surface area contributed by atoms with E-state index >= 15 is 0 Å². The van der Waals surface area contributed by atoms with Gasteiger partial charge in [-0.3, -0.25) is 9.69 Å². The second-order valence-corrected chi connectivity index (χ2v) is 17.2. The molecule has 0 aliphatic carbocycles. The first-order chi connectivity index (χ1) is 21.9. The lowest BCUT2D eigenvalue weighted by molar-refractivity contribution is -0.146. The lowest BCUT2D eigenvalue weighted by Gasteiger charge is -2.29. The Hall–Kier alpha value is -3.62. The Morgan fingerprint density at radius 2 is 1.64 bits per heavy atom. The van der Waals surface area contributed by atoms with Gasteiger partial charge in [-0.2, -0.15) is 0 Å². The first kappa shape index (κ1) is 34.7. The van der Waals surface area contributed by atoms with Crippen molar-refractivity contribution in [1.82, 2.24) is 4.57 Å². The molecule has 1 aliphatic heterocycles. The third kappa shape index (κ3) is 8.10. The number of aliphatic carboxylic acids is 1. The number of fused-ring (bicyclic) bond motifs is 2. The van der Waals surface area contributed by atoms with Gasteiger partial charge in [0.25, 0.3) is 0 Å². The molecule has 4 aromatic rings. The molecular weight excluding hydrogens is 632 g/mol. The zero-order valence-electron chi connectivity index (χ0n) is 28.5. The number of rotatable bonds is 9. The van der Waals surface area contributed by atoms with Crippen molar-refractivity contribution in [3.05, 3.63) is 88.6 Å². The number of carboxylic acids is 1. The Morgan fingerprint density at radius 1 is 0.957 bits per heavy atom. The van der Waals surface area contributed by atoms with E-state index in [0.717, 1.165) is 38.3 Å². The summed E-state index contributed by atoms with van der Waals surface area (Å²) < 4.78 is 14.4. The van der Waals surface area contributed by atoms with Gasteiger partial charge in [0.1, 0.15) is 18.0 Å². The molecule has 1 atom stereocenters. The molecule has 0 saturated heterocycles. The van der Waals surface area contributed by atoms with Gasteiger partial charge in [-0.1, -0.05) is 62.7 Å². The van der Waals surface area contributed by atoms with Crippen molar-refractivity contribution in [3.63, 3.8) is 0 Å². The Bertz CT molecular complexity index is 1780. The molecule has 2 heterocycles. The number of nitrogens with zero attached hydrogens (tertiary/aromatic N) is 2. The van der Waals surface area contributed by atoms with Crippen molar-refractivity contribution in [3.8, 4) is 5.75 Å². The molecule has 5 rings (SSSR count). The smallest absolute Gasteiger partial charge is 0.415 e. The van der Waals surface area contributed by atoms with Gasteiger partial charge in [0.15, 0.2) is 0 Å². The number of carbonyl (C=O) groups is 2. The zero-order chi connectivity index (χ0) is 34.3. The monoisotopic (exact) mass is 676 g/mol.